The van der Waals surface area contributed by atoms with Gasteiger partial charge in [0.25, 0.3) is 5.91 Å². The summed E-state index contributed by atoms with van der Waals surface area (Å²) in [5.74, 6) is 0.728. The van der Waals surface area contributed by atoms with Crippen molar-refractivity contribution in [1.82, 2.24) is 9.80 Å². The van der Waals surface area contributed by atoms with Crippen molar-refractivity contribution >= 4 is 29.5 Å². The van der Waals surface area contributed by atoms with Crippen molar-refractivity contribution in [3.63, 3.8) is 0 Å². The van der Waals surface area contributed by atoms with Crippen LogP contribution >= 0.6 is 11.8 Å². The van der Waals surface area contributed by atoms with Crippen LogP contribution in [0.4, 0.5) is 0 Å². The summed E-state index contributed by atoms with van der Waals surface area (Å²) in [4.78, 5) is 42.9. The quantitative estimate of drug-likeness (QED) is 0.469. The number of carbonyl (C=O) groups is 3. The van der Waals surface area contributed by atoms with Gasteiger partial charge in [0.1, 0.15) is 0 Å². The third-order valence-electron chi connectivity index (χ3n) is 6.58. The summed E-state index contributed by atoms with van der Waals surface area (Å²) in [7, 11) is 0. The van der Waals surface area contributed by atoms with E-state index >= 15 is 0 Å². The zero-order chi connectivity index (χ0) is 23.3. The van der Waals surface area contributed by atoms with Crippen LogP contribution in [-0.4, -0.2) is 65.1 Å². The van der Waals surface area contributed by atoms with Crippen molar-refractivity contribution in [1.29, 1.82) is 0 Å². The van der Waals surface area contributed by atoms with Gasteiger partial charge in [0.05, 0.1) is 10.8 Å². The van der Waals surface area contributed by atoms with Crippen LogP contribution in [0.3, 0.4) is 0 Å². The van der Waals surface area contributed by atoms with Gasteiger partial charge in [-0.15, -0.1) is 11.8 Å². The highest BCUT2D eigenvalue weighted by atomic mass is 32.2. The van der Waals surface area contributed by atoms with Gasteiger partial charge < -0.3 is 14.5 Å². The summed E-state index contributed by atoms with van der Waals surface area (Å²) in [5.41, 5.74) is 0.399. The van der Waals surface area contributed by atoms with Crippen molar-refractivity contribution in [2.45, 2.75) is 69.6 Å². The minimum atomic E-state index is -0.830. The first-order valence-electron chi connectivity index (χ1n) is 11.8. The lowest BCUT2D eigenvalue weighted by Gasteiger charge is -2.32. The Morgan fingerprint density at radius 3 is 1.94 bits per heavy atom. The number of nitrogens with zero attached hydrogens (tertiary/aromatic N) is 2. The Labute approximate surface area is 196 Å². The normalized spacial score (nSPS) is 20.0. The smallest absolute Gasteiger partial charge is 0.340 e. The maximum Gasteiger partial charge on any atom is 0.340 e. The van der Waals surface area contributed by atoms with Crippen LogP contribution in [0.1, 0.15) is 63.7 Å². The predicted octanol–water partition coefficient (Wildman–Crippen LogP) is 4.23. The summed E-state index contributed by atoms with van der Waals surface area (Å²) in [6.07, 6.45) is 3.20. The Bertz CT molecular complexity index is 814. The molecule has 0 radical (unpaired) electrons. The molecule has 2 saturated heterocycles. The molecule has 2 atom stereocenters. The van der Waals surface area contributed by atoms with Crippen molar-refractivity contribution in [3.8, 4) is 0 Å². The van der Waals surface area contributed by atoms with Crippen LogP contribution in [0.5, 0.6) is 0 Å². The second-order valence-electron chi connectivity index (χ2n) is 9.32. The fraction of sp³-hybridized carbons (Fsp3) is 0.640. The Balaban J connectivity index is 1.60. The van der Waals surface area contributed by atoms with Crippen LogP contribution in [-0.2, 0) is 14.3 Å². The lowest BCUT2D eigenvalue weighted by atomic mass is 9.99. The third kappa shape index (κ3) is 6.27. The van der Waals surface area contributed by atoms with Gasteiger partial charge in [-0.3, -0.25) is 9.59 Å². The standard InChI is InChI=1S/C25H36N2O4S/c1-17-9-13-26(14-10-17)23(28)19(3)31-25(30)21-7-5-6-8-22(21)32-20(4)24(29)27-15-11-18(2)12-16-27/h5-8,17-20H,9-16H2,1-4H3/t19-,20-/m0/s1. The van der Waals surface area contributed by atoms with E-state index in [9.17, 15) is 14.4 Å². The molecule has 0 aromatic heterocycles. The number of benzene rings is 1. The summed E-state index contributed by atoms with van der Waals surface area (Å²) in [5, 5.41) is -0.299. The number of esters is 1. The number of thioether (sulfide) groups is 1. The van der Waals surface area contributed by atoms with Crippen molar-refractivity contribution in [3.05, 3.63) is 29.8 Å². The van der Waals surface area contributed by atoms with E-state index < -0.39 is 12.1 Å². The molecule has 2 aliphatic heterocycles. The molecule has 1 aromatic carbocycles. The molecule has 2 fully saturated rings. The number of amides is 2. The van der Waals surface area contributed by atoms with Gasteiger partial charge in [-0.2, -0.15) is 0 Å². The lowest BCUT2D eigenvalue weighted by molar-refractivity contribution is -0.141. The molecule has 0 N–H and O–H groups in total. The number of piperidine rings is 2. The minimum Gasteiger partial charge on any atom is -0.449 e. The molecule has 2 heterocycles. The van der Waals surface area contributed by atoms with Crippen LogP contribution in [0.25, 0.3) is 0 Å². The van der Waals surface area contributed by atoms with Crippen molar-refractivity contribution in [2.24, 2.45) is 11.8 Å². The SMILES string of the molecule is CC1CCN(C(=O)[C@H](C)OC(=O)c2ccccc2S[C@@H](C)C(=O)N2CCC(C)CC2)CC1. The number of carbonyl (C=O) groups excluding carboxylic acids is 3. The zero-order valence-electron chi connectivity index (χ0n) is 19.7. The fourth-order valence-electron chi connectivity index (χ4n) is 4.23. The van der Waals surface area contributed by atoms with E-state index in [1.165, 1.54) is 11.8 Å². The van der Waals surface area contributed by atoms with E-state index in [0.29, 0.717) is 35.4 Å². The molecule has 1 aromatic rings. The van der Waals surface area contributed by atoms with Gasteiger partial charge in [-0.25, -0.2) is 4.79 Å². The average molecular weight is 461 g/mol. The minimum absolute atomic E-state index is 0.105. The van der Waals surface area contributed by atoms with Crippen molar-refractivity contribution in [2.75, 3.05) is 26.2 Å². The topological polar surface area (TPSA) is 66.9 Å². The van der Waals surface area contributed by atoms with E-state index in [4.69, 9.17) is 4.74 Å². The monoisotopic (exact) mass is 460 g/mol. The molecular formula is C25H36N2O4S. The van der Waals surface area contributed by atoms with Crippen LogP contribution in [0.15, 0.2) is 29.2 Å². The van der Waals surface area contributed by atoms with E-state index in [1.807, 2.05) is 24.0 Å². The molecule has 3 rings (SSSR count). The van der Waals surface area contributed by atoms with Crippen LogP contribution in [0.2, 0.25) is 0 Å². The molecule has 6 nitrogen and oxygen atoms in total. The van der Waals surface area contributed by atoms with Gasteiger partial charge in [0.15, 0.2) is 6.10 Å². The highest BCUT2D eigenvalue weighted by Crippen LogP contribution is 2.30. The molecule has 2 aliphatic rings. The molecule has 32 heavy (non-hydrogen) atoms. The molecule has 0 unspecified atom stereocenters. The Hall–Kier alpha value is -2.02. The number of hydrogen-bond acceptors (Lipinski definition) is 5. The van der Waals surface area contributed by atoms with Crippen LogP contribution < -0.4 is 0 Å². The number of rotatable bonds is 6. The second-order valence-corrected chi connectivity index (χ2v) is 10.7. The zero-order valence-corrected chi connectivity index (χ0v) is 20.5. The maximum absolute atomic E-state index is 12.9. The summed E-state index contributed by atoms with van der Waals surface area (Å²) in [6.45, 7) is 10.9. The van der Waals surface area contributed by atoms with E-state index in [2.05, 4.69) is 13.8 Å². The van der Waals surface area contributed by atoms with Gasteiger partial charge in [0, 0.05) is 31.1 Å². The van der Waals surface area contributed by atoms with Gasteiger partial charge >= 0.3 is 5.97 Å². The molecule has 7 heteroatoms. The Morgan fingerprint density at radius 1 is 0.875 bits per heavy atom. The maximum atomic E-state index is 12.9. The highest BCUT2D eigenvalue weighted by Gasteiger charge is 2.29. The molecule has 176 valence electrons. The van der Waals surface area contributed by atoms with E-state index in [-0.39, 0.29) is 17.1 Å². The summed E-state index contributed by atoms with van der Waals surface area (Å²) < 4.78 is 5.55. The lowest BCUT2D eigenvalue weighted by Crippen LogP contribution is -2.44. The molecule has 0 aliphatic carbocycles. The highest BCUT2D eigenvalue weighted by molar-refractivity contribution is 8.00. The summed E-state index contributed by atoms with van der Waals surface area (Å²) in [6, 6.07) is 7.16. The van der Waals surface area contributed by atoms with Crippen LogP contribution in [0, 0.1) is 11.8 Å². The number of likely N-dealkylation sites (tertiary alicyclic amines) is 2. The Morgan fingerprint density at radius 2 is 1.38 bits per heavy atom. The second kappa shape index (κ2) is 11.2. The van der Waals surface area contributed by atoms with E-state index in [0.717, 1.165) is 38.8 Å². The Kier molecular flexibility index (Phi) is 8.63. The molecule has 0 saturated carbocycles. The third-order valence-corrected chi connectivity index (χ3v) is 7.75. The van der Waals surface area contributed by atoms with Gasteiger partial charge in [-0.05, 0) is 63.5 Å². The molecule has 0 bridgehead atoms. The fourth-order valence-corrected chi connectivity index (χ4v) is 5.29. The van der Waals surface area contributed by atoms with Crippen molar-refractivity contribution < 1.29 is 19.1 Å². The molecular weight excluding hydrogens is 424 g/mol. The number of hydrogen-bond donors (Lipinski definition) is 0. The first-order chi connectivity index (χ1) is 15.3. The average Bonchev–Trinajstić information content (AvgIpc) is 2.79. The number of ether oxygens (including phenoxy) is 1. The first-order valence-corrected chi connectivity index (χ1v) is 12.7. The largest absolute Gasteiger partial charge is 0.449 e. The van der Waals surface area contributed by atoms with Gasteiger partial charge in [0.2, 0.25) is 5.91 Å². The van der Waals surface area contributed by atoms with Gasteiger partial charge in [-0.1, -0.05) is 26.0 Å². The molecule has 0 spiro atoms. The first kappa shape index (κ1) is 24.6. The van der Waals surface area contributed by atoms with E-state index in [1.54, 1.807) is 24.0 Å². The predicted molar refractivity (Wildman–Crippen MR) is 127 cm³/mol. The molecule has 2 amide bonds. The summed E-state index contributed by atoms with van der Waals surface area (Å²) >= 11 is 1.38.